The topological polar surface area (TPSA) is 51.3 Å². The average molecular weight is 313 g/mol. The van der Waals surface area contributed by atoms with Gasteiger partial charge in [-0.15, -0.1) is 0 Å². The number of carbonyl (C=O) groups excluding carboxylic acids is 1. The lowest BCUT2D eigenvalue weighted by atomic mass is 9.94. The summed E-state index contributed by atoms with van der Waals surface area (Å²) in [6, 6.07) is 6.06. The third-order valence-electron chi connectivity index (χ3n) is 4.51. The van der Waals surface area contributed by atoms with E-state index in [2.05, 4.69) is 11.7 Å². The maximum absolute atomic E-state index is 12.3. The highest BCUT2D eigenvalue weighted by Crippen LogP contribution is 2.26. The molecule has 0 bridgehead atoms. The molecule has 0 N–H and O–H groups in total. The van der Waals surface area contributed by atoms with Gasteiger partial charge in [0.2, 0.25) is 5.91 Å². The Balaban J connectivity index is 1.81. The number of aryl methyl sites for hydroxylation is 1. The number of aromatic nitrogens is 2. The minimum Gasteiger partial charge on any atom is -0.463 e. The fourth-order valence-corrected chi connectivity index (χ4v) is 3.33. The summed E-state index contributed by atoms with van der Waals surface area (Å²) in [5.74, 6) is 0.771. The minimum atomic E-state index is -0.0119. The Kier molecular flexibility index (Phi) is 4.65. The predicted molar refractivity (Wildman–Crippen MR) is 88.5 cm³/mol. The fourth-order valence-electron chi connectivity index (χ4n) is 3.33. The van der Waals surface area contributed by atoms with Crippen molar-refractivity contribution in [2.24, 2.45) is 7.05 Å². The minimum absolute atomic E-state index is 0.0119. The second kappa shape index (κ2) is 6.86. The zero-order valence-electron chi connectivity index (χ0n) is 13.6. The van der Waals surface area contributed by atoms with E-state index in [0.717, 1.165) is 30.0 Å². The van der Waals surface area contributed by atoms with Gasteiger partial charge in [-0.3, -0.25) is 9.48 Å². The maximum atomic E-state index is 12.3. The van der Waals surface area contributed by atoms with Gasteiger partial charge in [0.25, 0.3) is 0 Å². The molecular formula is C18H23N3O2. The van der Waals surface area contributed by atoms with E-state index in [0.29, 0.717) is 12.6 Å². The number of amides is 1. The van der Waals surface area contributed by atoms with Crippen LogP contribution in [0.5, 0.6) is 0 Å². The Morgan fingerprint density at radius 2 is 2.26 bits per heavy atom. The molecule has 0 spiro atoms. The molecule has 1 fully saturated rings. The van der Waals surface area contributed by atoms with Crippen LogP contribution >= 0.6 is 0 Å². The van der Waals surface area contributed by atoms with Gasteiger partial charge < -0.3 is 9.32 Å². The zero-order chi connectivity index (χ0) is 16.2. The molecule has 23 heavy (non-hydrogen) atoms. The van der Waals surface area contributed by atoms with Crippen LogP contribution in [0.1, 0.15) is 37.8 Å². The molecule has 2 aromatic rings. The second-order valence-corrected chi connectivity index (χ2v) is 6.08. The van der Waals surface area contributed by atoms with Crippen molar-refractivity contribution in [1.29, 1.82) is 0 Å². The maximum Gasteiger partial charge on any atom is 0.246 e. The Hall–Kier alpha value is -2.30. The molecule has 1 aliphatic rings. The van der Waals surface area contributed by atoms with Crippen LogP contribution in [-0.4, -0.2) is 26.6 Å². The lowest BCUT2D eigenvalue weighted by Gasteiger charge is -2.33. The normalized spacial score (nSPS) is 15.5. The summed E-state index contributed by atoms with van der Waals surface area (Å²) in [5.41, 5.74) is 1.79. The molecule has 5 nitrogen and oxygen atoms in total. The summed E-state index contributed by atoms with van der Waals surface area (Å²) in [6.07, 6.45) is 8.83. The summed E-state index contributed by atoms with van der Waals surface area (Å²) in [7, 11) is 1.89. The summed E-state index contributed by atoms with van der Waals surface area (Å²) in [5, 5.41) is 4.55. The molecule has 0 saturated heterocycles. The molecule has 2 heterocycles. The van der Waals surface area contributed by atoms with Gasteiger partial charge >= 0.3 is 0 Å². The first-order valence-electron chi connectivity index (χ1n) is 8.19. The molecule has 1 aliphatic carbocycles. The van der Waals surface area contributed by atoms with Crippen LogP contribution in [-0.2, 0) is 18.4 Å². The van der Waals surface area contributed by atoms with E-state index in [-0.39, 0.29) is 5.91 Å². The van der Waals surface area contributed by atoms with Gasteiger partial charge in [-0.25, -0.2) is 0 Å². The molecule has 5 heteroatoms. The molecule has 0 atom stereocenters. The SMILES string of the molecule is C=CC(=O)N(Cc1cc(-c2ccco2)n(C)n1)C1CCCCC1. The molecule has 1 amide bonds. The van der Waals surface area contributed by atoms with Crippen molar-refractivity contribution in [1.82, 2.24) is 14.7 Å². The van der Waals surface area contributed by atoms with Gasteiger partial charge in [-0.1, -0.05) is 25.8 Å². The van der Waals surface area contributed by atoms with Gasteiger partial charge in [0.05, 0.1) is 18.5 Å². The third kappa shape index (κ3) is 3.38. The van der Waals surface area contributed by atoms with Crippen LogP contribution in [0.25, 0.3) is 11.5 Å². The summed E-state index contributed by atoms with van der Waals surface area (Å²) in [6.45, 7) is 4.17. The Labute approximate surface area is 136 Å². The number of hydrogen-bond acceptors (Lipinski definition) is 3. The van der Waals surface area contributed by atoms with Crippen molar-refractivity contribution in [2.75, 3.05) is 0 Å². The molecule has 0 aromatic carbocycles. The molecule has 3 rings (SSSR count). The number of carbonyl (C=O) groups is 1. The van der Waals surface area contributed by atoms with Crippen molar-refractivity contribution >= 4 is 5.91 Å². The summed E-state index contributed by atoms with van der Waals surface area (Å²) >= 11 is 0. The summed E-state index contributed by atoms with van der Waals surface area (Å²) in [4.78, 5) is 14.2. The van der Waals surface area contributed by atoms with E-state index in [1.54, 1.807) is 10.9 Å². The lowest BCUT2D eigenvalue weighted by molar-refractivity contribution is -0.129. The monoisotopic (exact) mass is 313 g/mol. The fraction of sp³-hybridized carbons (Fsp3) is 0.444. The molecule has 0 radical (unpaired) electrons. The van der Waals surface area contributed by atoms with E-state index >= 15 is 0 Å². The predicted octanol–water partition coefficient (Wildman–Crippen LogP) is 3.53. The van der Waals surface area contributed by atoms with Gasteiger partial charge in [0.1, 0.15) is 5.69 Å². The summed E-state index contributed by atoms with van der Waals surface area (Å²) < 4.78 is 7.24. The molecule has 1 saturated carbocycles. The average Bonchev–Trinajstić information content (AvgIpc) is 3.22. The molecular weight excluding hydrogens is 290 g/mol. The highest BCUT2D eigenvalue weighted by molar-refractivity contribution is 5.87. The number of hydrogen-bond donors (Lipinski definition) is 0. The van der Waals surface area contributed by atoms with E-state index in [9.17, 15) is 4.79 Å². The van der Waals surface area contributed by atoms with E-state index in [1.165, 1.54) is 25.3 Å². The smallest absolute Gasteiger partial charge is 0.246 e. The van der Waals surface area contributed by atoms with Crippen molar-refractivity contribution in [3.63, 3.8) is 0 Å². The Bertz CT molecular complexity index is 667. The van der Waals surface area contributed by atoms with Crippen molar-refractivity contribution in [2.45, 2.75) is 44.7 Å². The van der Waals surface area contributed by atoms with Gasteiger partial charge in [-0.05, 0) is 37.1 Å². The van der Waals surface area contributed by atoms with Crippen LogP contribution in [0.4, 0.5) is 0 Å². The standard InChI is InChI=1S/C18H23N3O2/c1-3-18(22)21(15-8-5-4-6-9-15)13-14-12-16(20(2)19-14)17-10-7-11-23-17/h3,7,10-12,15H,1,4-6,8-9,13H2,2H3. The first-order valence-corrected chi connectivity index (χ1v) is 8.19. The first kappa shape index (κ1) is 15.6. The third-order valence-corrected chi connectivity index (χ3v) is 4.51. The highest BCUT2D eigenvalue weighted by Gasteiger charge is 2.25. The first-order chi connectivity index (χ1) is 11.2. The second-order valence-electron chi connectivity index (χ2n) is 6.08. The van der Waals surface area contributed by atoms with Gasteiger partial charge in [-0.2, -0.15) is 5.10 Å². The van der Waals surface area contributed by atoms with Crippen LogP contribution in [0.3, 0.4) is 0 Å². The highest BCUT2D eigenvalue weighted by atomic mass is 16.3. The van der Waals surface area contributed by atoms with E-state index in [4.69, 9.17) is 4.42 Å². The van der Waals surface area contributed by atoms with E-state index < -0.39 is 0 Å². The number of nitrogens with zero attached hydrogens (tertiary/aromatic N) is 3. The largest absolute Gasteiger partial charge is 0.463 e. The molecule has 122 valence electrons. The Morgan fingerprint density at radius 3 is 2.91 bits per heavy atom. The number of furan rings is 1. The van der Waals surface area contributed by atoms with Crippen LogP contribution in [0.15, 0.2) is 41.5 Å². The van der Waals surface area contributed by atoms with E-state index in [1.807, 2.05) is 30.1 Å². The lowest BCUT2D eigenvalue weighted by Crippen LogP contribution is -2.40. The molecule has 0 unspecified atom stereocenters. The van der Waals surface area contributed by atoms with Gasteiger partial charge in [0.15, 0.2) is 5.76 Å². The van der Waals surface area contributed by atoms with Crippen molar-refractivity contribution in [3.8, 4) is 11.5 Å². The molecule has 2 aromatic heterocycles. The van der Waals surface area contributed by atoms with Crippen LogP contribution in [0.2, 0.25) is 0 Å². The van der Waals surface area contributed by atoms with Crippen LogP contribution in [0, 0.1) is 0 Å². The molecule has 0 aliphatic heterocycles. The Morgan fingerprint density at radius 1 is 1.48 bits per heavy atom. The van der Waals surface area contributed by atoms with Crippen LogP contribution < -0.4 is 0 Å². The van der Waals surface area contributed by atoms with Crippen molar-refractivity contribution in [3.05, 3.63) is 42.8 Å². The van der Waals surface area contributed by atoms with Crippen molar-refractivity contribution < 1.29 is 9.21 Å². The quantitative estimate of drug-likeness (QED) is 0.794. The number of rotatable bonds is 5. The zero-order valence-corrected chi connectivity index (χ0v) is 13.6. The van der Waals surface area contributed by atoms with Gasteiger partial charge in [0, 0.05) is 13.1 Å².